The fourth-order valence-electron chi connectivity index (χ4n) is 3.00. The van der Waals surface area contributed by atoms with Gasteiger partial charge in [-0.3, -0.25) is 4.98 Å². The third kappa shape index (κ3) is 3.60. The Morgan fingerprint density at radius 2 is 2.00 bits per heavy atom. The van der Waals surface area contributed by atoms with Crippen molar-refractivity contribution in [3.05, 3.63) is 71.5 Å². The molecule has 0 saturated carbocycles. The monoisotopic (exact) mass is 393 g/mol. The minimum absolute atomic E-state index is 0.0481. The molecule has 2 heterocycles. The second kappa shape index (κ2) is 7.80. The zero-order valence-corrected chi connectivity index (χ0v) is 15.5. The maximum atomic E-state index is 12.1. The summed E-state index contributed by atoms with van der Waals surface area (Å²) in [5.41, 5.74) is 1.80. The molecule has 0 radical (unpaired) electrons. The molecular formula is C21H16ClN3O3. The molecule has 0 aliphatic carbocycles. The van der Waals surface area contributed by atoms with Gasteiger partial charge in [0.1, 0.15) is 12.4 Å². The number of hydrogen-bond donors (Lipinski definition) is 2. The molecule has 4 aromatic rings. The van der Waals surface area contributed by atoms with Gasteiger partial charge in [-0.1, -0.05) is 23.7 Å². The normalized spacial score (nSPS) is 10.9. The van der Waals surface area contributed by atoms with Gasteiger partial charge < -0.3 is 15.2 Å². The Kier molecular flexibility index (Phi) is 5.06. The van der Waals surface area contributed by atoms with E-state index in [2.05, 4.69) is 10.3 Å². The highest BCUT2D eigenvalue weighted by Crippen LogP contribution is 2.31. The molecule has 2 N–H and O–H groups in total. The summed E-state index contributed by atoms with van der Waals surface area (Å²) >= 11 is 6.08. The van der Waals surface area contributed by atoms with Crippen LogP contribution in [0.1, 0.15) is 10.4 Å². The molecular weight excluding hydrogens is 378 g/mol. The number of carbonyl (C=O) groups is 1. The number of carbonyl (C=O) groups excluding carboxylic acids is 1. The van der Waals surface area contributed by atoms with Gasteiger partial charge in [0.25, 0.3) is 0 Å². The number of pyridine rings is 2. The first-order chi connectivity index (χ1) is 13.7. The Morgan fingerprint density at radius 3 is 2.82 bits per heavy atom. The van der Waals surface area contributed by atoms with Gasteiger partial charge in [-0.05, 0) is 36.4 Å². The first kappa shape index (κ1) is 18.2. The average Bonchev–Trinajstić information content (AvgIpc) is 2.72. The van der Waals surface area contributed by atoms with Gasteiger partial charge in [-0.2, -0.15) is 0 Å². The molecule has 28 heavy (non-hydrogen) atoms. The standard InChI is InChI=1S/C21H16ClN3O3/c22-14-2-1-3-15(11-14)24-20-17-6-7-23-12-18(17)16-5-4-13(10-19(16)25-20)21(27)28-9-8-26/h1-7,10-12,26H,8-9H2,(H,24,25). The summed E-state index contributed by atoms with van der Waals surface area (Å²) in [6, 6.07) is 14.4. The van der Waals surface area contributed by atoms with Crippen molar-refractivity contribution in [2.75, 3.05) is 18.5 Å². The van der Waals surface area contributed by atoms with Crippen molar-refractivity contribution in [1.82, 2.24) is 9.97 Å². The van der Waals surface area contributed by atoms with E-state index in [1.807, 2.05) is 30.3 Å². The van der Waals surface area contributed by atoms with Crippen LogP contribution in [0.5, 0.6) is 0 Å². The predicted octanol–water partition coefficient (Wildman–Crippen LogP) is 4.33. The van der Waals surface area contributed by atoms with Crippen molar-refractivity contribution in [3.63, 3.8) is 0 Å². The quantitative estimate of drug-likeness (QED) is 0.388. The van der Waals surface area contributed by atoms with Crippen molar-refractivity contribution in [3.8, 4) is 0 Å². The lowest BCUT2D eigenvalue weighted by molar-refractivity contribution is 0.0434. The predicted molar refractivity (Wildman–Crippen MR) is 109 cm³/mol. The van der Waals surface area contributed by atoms with Gasteiger partial charge in [0.05, 0.1) is 17.7 Å². The van der Waals surface area contributed by atoms with Crippen LogP contribution in [0, 0.1) is 0 Å². The summed E-state index contributed by atoms with van der Waals surface area (Å²) in [6.45, 7) is -0.269. The number of rotatable bonds is 5. The first-order valence-corrected chi connectivity index (χ1v) is 9.01. The summed E-state index contributed by atoms with van der Waals surface area (Å²) in [5.74, 6) is 0.126. The number of aromatic nitrogens is 2. The van der Waals surface area contributed by atoms with Crippen LogP contribution in [0.4, 0.5) is 11.5 Å². The molecule has 0 aliphatic rings. The number of halogens is 1. The molecule has 6 nitrogen and oxygen atoms in total. The van der Waals surface area contributed by atoms with Gasteiger partial charge >= 0.3 is 5.97 Å². The average molecular weight is 394 g/mol. The molecule has 0 bridgehead atoms. The molecule has 4 rings (SSSR count). The fraction of sp³-hybridized carbons (Fsp3) is 0.0952. The third-order valence-electron chi connectivity index (χ3n) is 4.24. The minimum Gasteiger partial charge on any atom is -0.460 e. The summed E-state index contributed by atoms with van der Waals surface area (Å²) in [5, 5.41) is 15.4. The molecule has 0 fully saturated rings. The van der Waals surface area contributed by atoms with Crippen LogP contribution in [-0.2, 0) is 4.74 Å². The molecule has 0 atom stereocenters. The van der Waals surface area contributed by atoms with Gasteiger partial charge in [-0.25, -0.2) is 9.78 Å². The van der Waals surface area contributed by atoms with E-state index in [0.717, 1.165) is 21.8 Å². The minimum atomic E-state index is -0.506. The Morgan fingerprint density at radius 1 is 1.11 bits per heavy atom. The number of nitrogens with zero attached hydrogens (tertiary/aromatic N) is 2. The fourth-order valence-corrected chi connectivity index (χ4v) is 3.19. The van der Waals surface area contributed by atoms with Crippen LogP contribution in [-0.4, -0.2) is 34.3 Å². The number of fused-ring (bicyclic) bond motifs is 3. The highest BCUT2D eigenvalue weighted by molar-refractivity contribution is 6.30. The van der Waals surface area contributed by atoms with Crippen molar-refractivity contribution < 1.29 is 14.6 Å². The van der Waals surface area contributed by atoms with E-state index >= 15 is 0 Å². The van der Waals surface area contributed by atoms with Gasteiger partial charge in [-0.15, -0.1) is 0 Å². The van der Waals surface area contributed by atoms with E-state index in [9.17, 15) is 4.79 Å². The molecule has 7 heteroatoms. The highest BCUT2D eigenvalue weighted by atomic mass is 35.5. The van der Waals surface area contributed by atoms with Gasteiger partial charge in [0.15, 0.2) is 0 Å². The van der Waals surface area contributed by atoms with Crippen LogP contribution in [0.3, 0.4) is 0 Å². The van der Waals surface area contributed by atoms with Crippen LogP contribution in [0.2, 0.25) is 5.02 Å². The lowest BCUT2D eigenvalue weighted by atomic mass is 10.1. The molecule has 0 unspecified atom stereocenters. The number of anilines is 2. The molecule has 140 valence electrons. The third-order valence-corrected chi connectivity index (χ3v) is 4.48. The number of esters is 1. The highest BCUT2D eigenvalue weighted by Gasteiger charge is 2.13. The van der Waals surface area contributed by atoms with E-state index in [1.54, 1.807) is 30.6 Å². The molecule has 2 aromatic carbocycles. The molecule has 0 aliphatic heterocycles. The second-order valence-electron chi connectivity index (χ2n) is 6.11. The van der Waals surface area contributed by atoms with Crippen LogP contribution < -0.4 is 5.32 Å². The number of benzene rings is 2. The van der Waals surface area contributed by atoms with Gasteiger partial charge in [0.2, 0.25) is 0 Å². The van der Waals surface area contributed by atoms with Crippen LogP contribution >= 0.6 is 11.6 Å². The zero-order valence-electron chi connectivity index (χ0n) is 14.7. The van der Waals surface area contributed by atoms with E-state index in [-0.39, 0.29) is 13.2 Å². The number of hydrogen-bond acceptors (Lipinski definition) is 6. The summed E-state index contributed by atoms with van der Waals surface area (Å²) < 4.78 is 4.99. The van der Waals surface area contributed by atoms with Crippen molar-refractivity contribution in [2.45, 2.75) is 0 Å². The first-order valence-electron chi connectivity index (χ1n) is 8.64. The largest absolute Gasteiger partial charge is 0.460 e. The molecule has 2 aromatic heterocycles. The number of aliphatic hydroxyl groups excluding tert-OH is 1. The molecule has 0 spiro atoms. The molecule has 0 saturated heterocycles. The zero-order chi connectivity index (χ0) is 19.5. The lowest BCUT2D eigenvalue weighted by Gasteiger charge is -2.12. The van der Waals surface area contributed by atoms with E-state index in [4.69, 9.17) is 26.4 Å². The number of aliphatic hydroxyl groups is 1. The smallest absolute Gasteiger partial charge is 0.338 e. The van der Waals surface area contributed by atoms with Gasteiger partial charge in [0, 0.05) is 39.3 Å². The number of ether oxygens (including phenoxy) is 1. The van der Waals surface area contributed by atoms with Crippen molar-refractivity contribution >= 4 is 50.8 Å². The van der Waals surface area contributed by atoms with Crippen LogP contribution in [0.15, 0.2) is 60.9 Å². The van der Waals surface area contributed by atoms with E-state index in [0.29, 0.717) is 21.9 Å². The maximum Gasteiger partial charge on any atom is 0.338 e. The van der Waals surface area contributed by atoms with Crippen molar-refractivity contribution in [2.24, 2.45) is 0 Å². The Balaban J connectivity index is 1.84. The van der Waals surface area contributed by atoms with E-state index in [1.165, 1.54) is 0 Å². The SMILES string of the molecule is O=C(OCCO)c1ccc2c(c1)nc(Nc1cccc(Cl)c1)c1ccncc12. The lowest BCUT2D eigenvalue weighted by Crippen LogP contribution is -2.08. The Labute approximate surface area is 165 Å². The number of nitrogens with one attached hydrogen (secondary N) is 1. The Bertz CT molecular complexity index is 1180. The summed E-state index contributed by atoms with van der Waals surface area (Å²) in [4.78, 5) is 21.1. The van der Waals surface area contributed by atoms with Crippen molar-refractivity contribution in [1.29, 1.82) is 0 Å². The summed E-state index contributed by atoms with van der Waals surface area (Å²) in [6.07, 6.45) is 3.48. The maximum absolute atomic E-state index is 12.1. The second-order valence-corrected chi connectivity index (χ2v) is 6.54. The van der Waals surface area contributed by atoms with E-state index < -0.39 is 5.97 Å². The molecule has 0 amide bonds. The summed E-state index contributed by atoms with van der Waals surface area (Å²) in [7, 11) is 0. The topological polar surface area (TPSA) is 84.3 Å². The Hall–Kier alpha value is -3.22. The van der Waals surface area contributed by atoms with Crippen LogP contribution in [0.25, 0.3) is 21.7 Å².